The van der Waals surface area contributed by atoms with Crippen molar-refractivity contribution in [2.45, 2.75) is 108 Å². The number of rotatable bonds is 9. The molecule has 180 valence electrons. The standard InChI is InChI=1S/C25H45N2O4/c1-24(2,26)17-27(28)14-13-18-7-11-23(12-8-18)30-31-25(29-3)21-5-4-6-22(25)16-20-15-19(20)9-10-21/h18-23H,4-17,26H2,1-3H3/q-1/t18?,19?,20-,21?,22+,23?,25+/m0/s1. The zero-order valence-electron chi connectivity index (χ0n) is 20.0. The van der Waals surface area contributed by atoms with Gasteiger partial charge in [-0.15, -0.1) is 0 Å². The van der Waals surface area contributed by atoms with E-state index in [1.165, 1.54) is 44.9 Å². The van der Waals surface area contributed by atoms with E-state index in [0.29, 0.717) is 30.8 Å². The van der Waals surface area contributed by atoms with Crippen LogP contribution >= 0.6 is 0 Å². The number of hydrogen-bond acceptors (Lipinski definition) is 6. The van der Waals surface area contributed by atoms with E-state index >= 15 is 0 Å². The highest BCUT2D eigenvalue weighted by Gasteiger charge is 2.55. The molecular formula is C25H45N2O4-. The number of nitrogens with two attached hydrogens (primary N) is 1. The number of nitrogens with zero attached hydrogens (tertiary/aromatic N) is 1. The number of hydroxylamine groups is 2. The van der Waals surface area contributed by atoms with E-state index < -0.39 is 11.3 Å². The highest BCUT2D eigenvalue weighted by Crippen LogP contribution is 2.56. The van der Waals surface area contributed by atoms with Crippen LogP contribution in [-0.2, 0) is 14.5 Å². The van der Waals surface area contributed by atoms with Crippen LogP contribution in [0.3, 0.4) is 0 Å². The Morgan fingerprint density at radius 2 is 1.71 bits per heavy atom. The van der Waals surface area contributed by atoms with E-state index in [1.807, 2.05) is 21.0 Å². The predicted molar refractivity (Wildman–Crippen MR) is 122 cm³/mol. The normalized spacial score (nSPS) is 40.8. The molecule has 4 saturated carbocycles. The van der Waals surface area contributed by atoms with Crippen LogP contribution in [0.4, 0.5) is 0 Å². The van der Waals surface area contributed by atoms with Crippen LogP contribution in [0.15, 0.2) is 0 Å². The Labute approximate surface area is 189 Å². The van der Waals surface area contributed by atoms with Crippen LogP contribution in [0.25, 0.3) is 0 Å². The average molecular weight is 438 g/mol. The second kappa shape index (κ2) is 9.94. The fourth-order valence-electron chi connectivity index (χ4n) is 6.73. The van der Waals surface area contributed by atoms with Crippen LogP contribution in [0.5, 0.6) is 0 Å². The van der Waals surface area contributed by atoms with E-state index in [0.717, 1.165) is 49.0 Å². The first-order chi connectivity index (χ1) is 14.8. The Balaban J connectivity index is 1.24. The molecule has 2 unspecified atom stereocenters. The summed E-state index contributed by atoms with van der Waals surface area (Å²) in [6.07, 6.45) is 14.2. The van der Waals surface area contributed by atoms with Crippen LogP contribution in [0.1, 0.15) is 90.9 Å². The first kappa shape index (κ1) is 23.9. The Bertz CT molecular complexity index is 574. The van der Waals surface area contributed by atoms with Crippen LogP contribution in [0, 0.1) is 34.8 Å². The molecule has 0 heterocycles. The average Bonchev–Trinajstić information content (AvgIpc) is 3.47. The molecule has 4 aliphatic carbocycles. The van der Waals surface area contributed by atoms with E-state index in [1.54, 1.807) is 0 Å². The zero-order chi connectivity index (χ0) is 22.1. The SMILES string of the molecule is CO[C@@]1(OOC2CCC(CCN([O-])CC(C)(C)N)CC2)C2CCC[C@@H]1C[C@@H]1CC1CC2. The zero-order valence-corrected chi connectivity index (χ0v) is 20.0. The maximum Gasteiger partial charge on any atom is 0.207 e. The predicted octanol–water partition coefficient (Wildman–Crippen LogP) is 5.00. The Morgan fingerprint density at radius 3 is 2.42 bits per heavy atom. The van der Waals surface area contributed by atoms with Crippen molar-refractivity contribution in [1.82, 2.24) is 5.06 Å². The monoisotopic (exact) mass is 437 g/mol. The molecule has 4 rings (SSSR count). The number of hydrogen-bond donors (Lipinski definition) is 1. The fraction of sp³-hybridized carbons (Fsp3) is 1.00. The second-order valence-corrected chi connectivity index (χ2v) is 11.8. The molecule has 0 spiro atoms. The van der Waals surface area contributed by atoms with Crippen molar-refractivity contribution < 1.29 is 14.5 Å². The quantitative estimate of drug-likeness (QED) is 0.311. The van der Waals surface area contributed by atoms with Crippen molar-refractivity contribution in [1.29, 1.82) is 0 Å². The summed E-state index contributed by atoms with van der Waals surface area (Å²) in [6.45, 7) is 4.77. The van der Waals surface area contributed by atoms with E-state index in [9.17, 15) is 5.21 Å². The molecule has 6 heteroatoms. The van der Waals surface area contributed by atoms with Gasteiger partial charge in [0.15, 0.2) is 0 Å². The van der Waals surface area contributed by atoms with Crippen molar-refractivity contribution in [3.63, 3.8) is 0 Å². The van der Waals surface area contributed by atoms with E-state index in [-0.39, 0.29) is 6.10 Å². The molecule has 4 aliphatic rings. The summed E-state index contributed by atoms with van der Waals surface area (Å²) >= 11 is 0. The maximum atomic E-state index is 12.1. The van der Waals surface area contributed by atoms with E-state index in [4.69, 9.17) is 20.2 Å². The summed E-state index contributed by atoms with van der Waals surface area (Å²) in [5, 5.41) is 13.2. The van der Waals surface area contributed by atoms with Gasteiger partial charge in [-0.25, -0.2) is 9.78 Å². The Kier molecular flexibility index (Phi) is 7.67. The molecule has 0 aromatic carbocycles. The lowest BCUT2D eigenvalue weighted by atomic mass is 9.70. The largest absolute Gasteiger partial charge is 0.785 e. The third kappa shape index (κ3) is 6.01. The highest BCUT2D eigenvalue weighted by molar-refractivity contribution is 4.99. The summed E-state index contributed by atoms with van der Waals surface area (Å²) in [4.78, 5) is 12.4. The summed E-state index contributed by atoms with van der Waals surface area (Å²) in [5.41, 5.74) is 5.53. The van der Waals surface area contributed by atoms with Gasteiger partial charge >= 0.3 is 0 Å². The lowest BCUT2D eigenvalue weighted by molar-refractivity contribution is -0.476. The third-order valence-corrected chi connectivity index (χ3v) is 8.58. The maximum absolute atomic E-state index is 12.1. The second-order valence-electron chi connectivity index (χ2n) is 11.8. The van der Waals surface area contributed by atoms with Gasteiger partial charge in [-0.3, -0.25) is 0 Å². The summed E-state index contributed by atoms with van der Waals surface area (Å²) in [7, 11) is 1.83. The van der Waals surface area contributed by atoms with Crippen LogP contribution in [-0.4, -0.2) is 42.7 Å². The minimum Gasteiger partial charge on any atom is -0.785 e. The van der Waals surface area contributed by atoms with Gasteiger partial charge in [0.1, 0.15) is 0 Å². The summed E-state index contributed by atoms with van der Waals surface area (Å²) in [6, 6.07) is 0. The smallest absolute Gasteiger partial charge is 0.207 e. The number of fused-ring (bicyclic) bond motifs is 3. The Hall–Kier alpha value is -0.240. The Morgan fingerprint density at radius 1 is 0.968 bits per heavy atom. The molecule has 31 heavy (non-hydrogen) atoms. The molecule has 0 saturated heterocycles. The lowest BCUT2D eigenvalue weighted by Crippen LogP contribution is -2.53. The molecule has 2 N–H and O–H groups in total. The van der Waals surface area contributed by atoms with Gasteiger partial charge in [0.05, 0.1) is 6.10 Å². The van der Waals surface area contributed by atoms with Crippen molar-refractivity contribution in [2.24, 2.45) is 35.3 Å². The lowest BCUT2D eigenvalue weighted by Gasteiger charge is -2.48. The molecule has 0 aromatic rings. The molecule has 0 amide bonds. The van der Waals surface area contributed by atoms with Gasteiger partial charge in [0.25, 0.3) is 0 Å². The molecule has 4 fully saturated rings. The van der Waals surface area contributed by atoms with E-state index in [2.05, 4.69) is 0 Å². The van der Waals surface area contributed by atoms with Gasteiger partial charge in [0.2, 0.25) is 5.79 Å². The highest BCUT2D eigenvalue weighted by atomic mass is 17.2. The van der Waals surface area contributed by atoms with Gasteiger partial charge in [-0.05, 0) is 109 Å². The third-order valence-electron chi connectivity index (χ3n) is 8.58. The molecule has 5 atom stereocenters. The van der Waals surface area contributed by atoms with Crippen LogP contribution < -0.4 is 5.73 Å². The first-order valence-electron chi connectivity index (χ1n) is 12.9. The number of methoxy groups -OCH3 is 1. The molecule has 2 bridgehead atoms. The molecule has 0 aliphatic heterocycles. The first-order valence-corrected chi connectivity index (χ1v) is 12.9. The van der Waals surface area contributed by atoms with Crippen molar-refractivity contribution in [3.05, 3.63) is 5.21 Å². The fourth-order valence-corrected chi connectivity index (χ4v) is 6.73. The summed E-state index contributed by atoms with van der Waals surface area (Å²) < 4.78 is 6.17. The summed E-state index contributed by atoms with van der Waals surface area (Å²) in [5.74, 6) is 2.85. The minimum atomic E-state index is -0.541. The molecule has 6 nitrogen and oxygen atoms in total. The topological polar surface area (TPSA) is 80.0 Å². The number of ether oxygens (including phenoxy) is 1. The van der Waals surface area contributed by atoms with Gasteiger partial charge in [-0.2, -0.15) is 0 Å². The van der Waals surface area contributed by atoms with Gasteiger partial charge in [0, 0.05) is 31.0 Å². The van der Waals surface area contributed by atoms with Gasteiger partial charge < -0.3 is 20.7 Å². The molecule has 0 radical (unpaired) electrons. The molecular weight excluding hydrogens is 392 g/mol. The van der Waals surface area contributed by atoms with Crippen molar-refractivity contribution in [3.8, 4) is 0 Å². The van der Waals surface area contributed by atoms with Crippen molar-refractivity contribution in [2.75, 3.05) is 20.2 Å². The minimum absolute atomic E-state index is 0.148. The van der Waals surface area contributed by atoms with Crippen molar-refractivity contribution >= 4 is 0 Å². The van der Waals surface area contributed by atoms with Crippen LogP contribution in [0.2, 0.25) is 0 Å². The van der Waals surface area contributed by atoms with Gasteiger partial charge in [-0.1, -0.05) is 6.42 Å². The molecule has 0 aromatic heterocycles.